The summed E-state index contributed by atoms with van der Waals surface area (Å²) in [4.78, 5) is 0.717. The highest BCUT2D eigenvalue weighted by Crippen LogP contribution is 2.24. The summed E-state index contributed by atoms with van der Waals surface area (Å²) in [6.45, 7) is 0. The molecule has 24 heavy (non-hydrogen) atoms. The van der Waals surface area contributed by atoms with Gasteiger partial charge >= 0.3 is 0 Å². The monoisotopic (exact) mass is 334 g/mol. The summed E-state index contributed by atoms with van der Waals surface area (Å²) < 4.78 is 26.1. The smallest absolute Gasteiger partial charge is 0.203 e. The van der Waals surface area contributed by atoms with Crippen molar-refractivity contribution in [2.75, 3.05) is 0 Å². The van der Waals surface area contributed by atoms with Gasteiger partial charge in [-0.1, -0.05) is 78.9 Å². The number of rotatable bonds is 5. The average molecular weight is 334 g/mol. The van der Waals surface area contributed by atoms with Gasteiger partial charge in [0.25, 0.3) is 0 Å². The lowest BCUT2D eigenvalue weighted by Crippen LogP contribution is -2.07. The molecule has 120 valence electrons. The van der Waals surface area contributed by atoms with Crippen LogP contribution < -0.4 is 0 Å². The van der Waals surface area contributed by atoms with Gasteiger partial charge in [0, 0.05) is 6.42 Å². The predicted octanol–water partition coefficient (Wildman–Crippen LogP) is 4.74. The first-order valence-corrected chi connectivity index (χ1v) is 9.24. The molecular formula is C21H18O2S. The molecular weight excluding hydrogens is 316 g/mol. The van der Waals surface area contributed by atoms with E-state index in [-0.39, 0.29) is 0 Å². The maximum absolute atomic E-state index is 13.1. The summed E-state index contributed by atoms with van der Waals surface area (Å²) in [5.74, 6) is 0. The number of allylic oxidation sites excluding steroid dienone is 1. The third-order valence-corrected chi connectivity index (χ3v) is 5.59. The Morgan fingerprint density at radius 1 is 0.708 bits per heavy atom. The number of hydrogen-bond acceptors (Lipinski definition) is 2. The first-order valence-electron chi connectivity index (χ1n) is 7.76. The van der Waals surface area contributed by atoms with Gasteiger partial charge in [0.15, 0.2) is 0 Å². The average Bonchev–Trinajstić information content (AvgIpc) is 2.64. The number of benzene rings is 3. The first kappa shape index (κ1) is 16.2. The molecule has 0 radical (unpaired) electrons. The van der Waals surface area contributed by atoms with Crippen LogP contribution in [0.1, 0.15) is 11.1 Å². The molecule has 0 saturated carbocycles. The van der Waals surface area contributed by atoms with Crippen LogP contribution in [0.3, 0.4) is 0 Å². The Morgan fingerprint density at radius 2 is 1.21 bits per heavy atom. The second kappa shape index (κ2) is 7.28. The predicted molar refractivity (Wildman–Crippen MR) is 98.2 cm³/mol. The van der Waals surface area contributed by atoms with Crippen LogP contribution in [0.4, 0.5) is 0 Å². The van der Waals surface area contributed by atoms with Crippen LogP contribution in [-0.2, 0) is 16.3 Å². The minimum atomic E-state index is -3.54. The van der Waals surface area contributed by atoms with E-state index in [0.29, 0.717) is 16.2 Å². The molecule has 0 unspecified atom stereocenters. The Labute approximate surface area is 143 Å². The van der Waals surface area contributed by atoms with Gasteiger partial charge in [-0.05, 0) is 29.3 Å². The van der Waals surface area contributed by atoms with Gasteiger partial charge in [0.2, 0.25) is 9.84 Å². The molecule has 3 aromatic rings. The molecule has 3 heteroatoms. The van der Waals surface area contributed by atoms with E-state index >= 15 is 0 Å². The van der Waals surface area contributed by atoms with Crippen molar-refractivity contribution in [3.8, 4) is 0 Å². The molecule has 0 aliphatic rings. The van der Waals surface area contributed by atoms with E-state index in [9.17, 15) is 8.42 Å². The maximum Gasteiger partial charge on any atom is 0.203 e. The normalized spacial score (nSPS) is 12.1. The summed E-state index contributed by atoms with van der Waals surface area (Å²) in [5.41, 5.74) is 1.85. The molecule has 0 aromatic heterocycles. The SMILES string of the molecule is O=S(=O)(/C(=C\c1ccccc1)Cc1ccccc1)c1ccccc1. The Hall–Kier alpha value is -2.65. The number of sulfone groups is 1. The Bertz CT molecular complexity index is 913. The van der Waals surface area contributed by atoms with E-state index in [1.54, 1.807) is 30.3 Å². The Morgan fingerprint density at radius 3 is 1.79 bits per heavy atom. The summed E-state index contributed by atoms with van der Waals surface area (Å²) in [7, 11) is -3.54. The first-order chi connectivity index (χ1) is 11.7. The lowest BCUT2D eigenvalue weighted by Gasteiger charge is -2.10. The van der Waals surface area contributed by atoms with Crippen molar-refractivity contribution in [3.05, 3.63) is 107 Å². The van der Waals surface area contributed by atoms with Gasteiger partial charge in [-0.15, -0.1) is 0 Å². The van der Waals surface area contributed by atoms with Crippen LogP contribution in [0.15, 0.2) is 101 Å². The maximum atomic E-state index is 13.1. The highest BCUT2D eigenvalue weighted by atomic mass is 32.2. The minimum Gasteiger partial charge on any atom is -0.219 e. The summed E-state index contributed by atoms with van der Waals surface area (Å²) in [5, 5.41) is 0. The molecule has 0 aliphatic heterocycles. The largest absolute Gasteiger partial charge is 0.219 e. The molecule has 0 atom stereocenters. The molecule has 0 heterocycles. The molecule has 0 bridgehead atoms. The highest BCUT2D eigenvalue weighted by Gasteiger charge is 2.20. The van der Waals surface area contributed by atoms with Crippen molar-refractivity contribution in [2.24, 2.45) is 0 Å². The van der Waals surface area contributed by atoms with Gasteiger partial charge < -0.3 is 0 Å². The van der Waals surface area contributed by atoms with E-state index in [4.69, 9.17) is 0 Å². The fraction of sp³-hybridized carbons (Fsp3) is 0.0476. The van der Waals surface area contributed by atoms with Crippen molar-refractivity contribution in [1.82, 2.24) is 0 Å². The summed E-state index contributed by atoms with van der Waals surface area (Å²) in [6.07, 6.45) is 2.13. The molecule has 0 saturated heterocycles. The van der Waals surface area contributed by atoms with Crippen molar-refractivity contribution >= 4 is 15.9 Å². The topological polar surface area (TPSA) is 34.1 Å². The minimum absolute atomic E-state index is 0.322. The van der Waals surface area contributed by atoms with Crippen molar-refractivity contribution in [2.45, 2.75) is 11.3 Å². The Kier molecular flexibility index (Phi) is 4.92. The second-order valence-electron chi connectivity index (χ2n) is 5.50. The van der Waals surface area contributed by atoms with E-state index in [0.717, 1.165) is 11.1 Å². The van der Waals surface area contributed by atoms with Crippen LogP contribution in [0.5, 0.6) is 0 Å². The summed E-state index contributed by atoms with van der Waals surface area (Å²) >= 11 is 0. The molecule has 0 amide bonds. The molecule has 0 N–H and O–H groups in total. The standard InChI is InChI=1S/C21H18O2S/c22-24(23,20-14-8-3-9-15-20)21(16-18-10-4-1-5-11-18)17-19-12-6-2-7-13-19/h1-16H,17H2/b21-16-. The number of hydrogen-bond donors (Lipinski definition) is 0. The van der Waals surface area contributed by atoms with Gasteiger partial charge in [-0.3, -0.25) is 0 Å². The van der Waals surface area contributed by atoms with Gasteiger partial charge in [-0.25, -0.2) is 8.42 Å². The van der Waals surface area contributed by atoms with Crippen LogP contribution in [0, 0.1) is 0 Å². The second-order valence-corrected chi connectivity index (χ2v) is 7.50. The molecule has 3 rings (SSSR count). The van der Waals surface area contributed by atoms with Gasteiger partial charge in [-0.2, -0.15) is 0 Å². The molecule has 3 aromatic carbocycles. The van der Waals surface area contributed by atoms with Gasteiger partial charge in [0.1, 0.15) is 0 Å². The highest BCUT2D eigenvalue weighted by molar-refractivity contribution is 7.95. The van der Waals surface area contributed by atoms with Crippen LogP contribution in [0.2, 0.25) is 0 Å². The molecule has 2 nitrogen and oxygen atoms in total. The lowest BCUT2D eigenvalue weighted by atomic mass is 10.1. The van der Waals surface area contributed by atoms with E-state index in [1.807, 2.05) is 66.7 Å². The molecule has 0 spiro atoms. The Balaban J connectivity index is 2.07. The van der Waals surface area contributed by atoms with Crippen LogP contribution >= 0.6 is 0 Å². The van der Waals surface area contributed by atoms with E-state index in [1.165, 1.54) is 0 Å². The third kappa shape index (κ3) is 3.81. The third-order valence-electron chi connectivity index (χ3n) is 3.75. The quantitative estimate of drug-likeness (QED) is 0.675. The van der Waals surface area contributed by atoms with Gasteiger partial charge in [0.05, 0.1) is 9.80 Å². The fourth-order valence-corrected chi connectivity index (χ4v) is 3.97. The zero-order valence-corrected chi connectivity index (χ0v) is 14.0. The van der Waals surface area contributed by atoms with Crippen molar-refractivity contribution < 1.29 is 8.42 Å². The zero-order valence-electron chi connectivity index (χ0n) is 13.2. The van der Waals surface area contributed by atoms with Crippen molar-refractivity contribution in [1.29, 1.82) is 0 Å². The van der Waals surface area contributed by atoms with E-state index in [2.05, 4.69) is 0 Å². The van der Waals surface area contributed by atoms with Crippen LogP contribution in [0.25, 0.3) is 6.08 Å². The summed E-state index contributed by atoms with van der Waals surface area (Å²) in [6, 6.07) is 27.8. The van der Waals surface area contributed by atoms with Crippen LogP contribution in [-0.4, -0.2) is 8.42 Å². The molecule has 0 aliphatic carbocycles. The molecule has 0 fully saturated rings. The zero-order chi connectivity index (χ0) is 16.8. The fourth-order valence-electron chi connectivity index (χ4n) is 2.51. The van der Waals surface area contributed by atoms with E-state index < -0.39 is 9.84 Å². The van der Waals surface area contributed by atoms with Crippen molar-refractivity contribution in [3.63, 3.8) is 0 Å². The lowest BCUT2D eigenvalue weighted by molar-refractivity contribution is 0.601.